The number of piperidine rings is 1. The molecular weight excluding hydrogens is 295 g/mol. The van der Waals surface area contributed by atoms with E-state index in [1.807, 2.05) is 26.8 Å². The van der Waals surface area contributed by atoms with E-state index in [1.54, 1.807) is 11.0 Å². The standard InChI is InChI=1S/C18H25FN2O2/c1-17(2,3)23-16(22)21-8-6-18(7-9-21)11-15(20)13-10-12(19)4-5-14(13)18/h4-5,10,15H,6-9,11,20H2,1-3H3/t15-/m1/s1. The highest BCUT2D eigenvalue weighted by Crippen LogP contribution is 2.50. The van der Waals surface area contributed by atoms with Crippen LogP contribution in [0.4, 0.5) is 9.18 Å². The molecule has 1 aliphatic heterocycles. The maximum absolute atomic E-state index is 13.5. The molecule has 0 radical (unpaired) electrons. The lowest BCUT2D eigenvalue weighted by Crippen LogP contribution is -2.46. The van der Waals surface area contributed by atoms with Crippen molar-refractivity contribution in [1.29, 1.82) is 0 Å². The zero-order valence-corrected chi connectivity index (χ0v) is 14.1. The molecule has 1 saturated heterocycles. The molecule has 0 saturated carbocycles. The average molecular weight is 320 g/mol. The molecule has 0 aromatic heterocycles. The van der Waals surface area contributed by atoms with E-state index in [4.69, 9.17) is 10.5 Å². The Morgan fingerprint density at radius 3 is 2.61 bits per heavy atom. The van der Waals surface area contributed by atoms with Gasteiger partial charge in [0.1, 0.15) is 11.4 Å². The molecule has 1 aromatic rings. The fourth-order valence-electron chi connectivity index (χ4n) is 3.88. The molecule has 0 unspecified atom stereocenters. The number of likely N-dealkylation sites (tertiary alicyclic amines) is 1. The Morgan fingerprint density at radius 2 is 2.00 bits per heavy atom. The van der Waals surface area contributed by atoms with Gasteiger partial charge in [-0.3, -0.25) is 0 Å². The van der Waals surface area contributed by atoms with E-state index in [2.05, 4.69) is 0 Å². The van der Waals surface area contributed by atoms with Crippen LogP contribution in [0.3, 0.4) is 0 Å². The zero-order chi connectivity index (χ0) is 16.8. The third-order valence-corrected chi connectivity index (χ3v) is 4.97. The van der Waals surface area contributed by atoms with Crippen LogP contribution in [0.1, 0.15) is 57.2 Å². The fraction of sp³-hybridized carbons (Fsp3) is 0.611. The van der Waals surface area contributed by atoms with Crippen molar-refractivity contribution in [2.75, 3.05) is 13.1 Å². The number of carbonyl (C=O) groups is 1. The van der Waals surface area contributed by atoms with E-state index in [1.165, 1.54) is 6.07 Å². The maximum atomic E-state index is 13.5. The van der Waals surface area contributed by atoms with Gasteiger partial charge in [0, 0.05) is 24.5 Å². The van der Waals surface area contributed by atoms with Crippen molar-refractivity contribution in [3.63, 3.8) is 0 Å². The van der Waals surface area contributed by atoms with Crippen LogP contribution in [0, 0.1) is 5.82 Å². The van der Waals surface area contributed by atoms with Crippen molar-refractivity contribution in [2.24, 2.45) is 5.73 Å². The zero-order valence-electron chi connectivity index (χ0n) is 14.1. The van der Waals surface area contributed by atoms with Gasteiger partial charge in [0.2, 0.25) is 0 Å². The van der Waals surface area contributed by atoms with Crippen LogP contribution in [0.2, 0.25) is 0 Å². The number of hydrogen-bond donors (Lipinski definition) is 1. The third-order valence-electron chi connectivity index (χ3n) is 4.97. The van der Waals surface area contributed by atoms with E-state index < -0.39 is 5.60 Å². The first kappa shape index (κ1) is 16.2. The van der Waals surface area contributed by atoms with E-state index >= 15 is 0 Å². The van der Waals surface area contributed by atoms with Gasteiger partial charge in [-0.15, -0.1) is 0 Å². The summed E-state index contributed by atoms with van der Waals surface area (Å²) < 4.78 is 18.9. The second-order valence-corrected chi connectivity index (χ2v) is 7.79. The summed E-state index contributed by atoms with van der Waals surface area (Å²) in [6, 6.07) is 4.84. The SMILES string of the molecule is CC(C)(C)OC(=O)N1CCC2(CC1)C[C@@H](N)c1cc(F)ccc12. The number of amides is 1. The molecule has 1 atom stereocenters. The number of nitrogens with two attached hydrogens (primary N) is 1. The van der Waals surface area contributed by atoms with E-state index in [0.29, 0.717) is 13.1 Å². The van der Waals surface area contributed by atoms with Crippen LogP contribution >= 0.6 is 0 Å². The fourth-order valence-corrected chi connectivity index (χ4v) is 3.88. The average Bonchev–Trinajstić information content (AvgIpc) is 2.70. The Labute approximate surface area is 136 Å². The minimum Gasteiger partial charge on any atom is -0.444 e. The molecule has 1 heterocycles. The predicted molar refractivity (Wildman–Crippen MR) is 86.7 cm³/mol. The minimum absolute atomic E-state index is 0.0268. The maximum Gasteiger partial charge on any atom is 0.410 e. The van der Waals surface area contributed by atoms with Crippen LogP contribution in [0.5, 0.6) is 0 Å². The van der Waals surface area contributed by atoms with Crippen molar-refractivity contribution in [2.45, 2.75) is 57.1 Å². The van der Waals surface area contributed by atoms with Gasteiger partial charge in [-0.1, -0.05) is 6.07 Å². The van der Waals surface area contributed by atoms with Crippen LogP contribution in [0.15, 0.2) is 18.2 Å². The van der Waals surface area contributed by atoms with Crippen LogP contribution < -0.4 is 5.73 Å². The monoisotopic (exact) mass is 320 g/mol. The quantitative estimate of drug-likeness (QED) is 0.796. The normalized spacial score (nSPS) is 23.0. The van der Waals surface area contributed by atoms with E-state index in [-0.39, 0.29) is 23.4 Å². The Morgan fingerprint density at radius 1 is 1.35 bits per heavy atom. The summed E-state index contributed by atoms with van der Waals surface area (Å²) >= 11 is 0. The first-order valence-corrected chi connectivity index (χ1v) is 8.24. The molecule has 2 aliphatic rings. The Balaban J connectivity index is 1.74. The van der Waals surface area contributed by atoms with Crippen LogP contribution in [-0.4, -0.2) is 29.7 Å². The largest absolute Gasteiger partial charge is 0.444 e. The number of benzene rings is 1. The first-order chi connectivity index (χ1) is 10.7. The lowest BCUT2D eigenvalue weighted by molar-refractivity contribution is 0.0162. The number of fused-ring (bicyclic) bond motifs is 2. The molecule has 126 valence electrons. The lowest BCUT2D eigenvalue weighted by atomic mass is 9.74. The summed E-state index contributed by atoms with van der Waals surface area (Å²) in [5.41, 5.74) is 7.81. The molecule has 5 heteroatoms. The highest BCUT2D eigenvalue weighted by Gasteiger charge is 2.45. The van der Waals surface area contributed by atoms with E-state index in [9.17, 15) is 9.18 Å². The molecule has 1 fully saturated rings. The molecule has 1 aromatic carbocycles. The number of hydrogen-bond acceptors (Lipinski definition) is 3. The van der Waals surface area contributed by atoms with Crippen LogP contribution in [0.25, 0.3) is 0 Å². The minimum atomic E-state index is -0.480. The Kier molecular flexibility index (Phi) is 3.87. The molecule has 23 heavy (non-hydrogen) atoms. The number of nitrogens with zero attached hydrogens (tertiary/aromatic N) is 1. The molecule has 3 rings (SSSR count). The highest BCUT2D eigenvalue weighted by molar-refractivity contribution is 5.68. The summed E-state index contributed by atoms with van der Waals surface area (Å²) in [5.74, 6) is -0.234. The molecule has 1 aliphatic carbocycles. The van der Waals surface area contributed by atoms with E-state index in [0.717, 1.165) is 30.4 Å². The molecular formula is C18H25FN2O2. The highest BCUT2D eigenvalue weighted by atomic mass is 19.1. The number of halogens is 1. The van der Waals surface area contributed by atoms with Gasteiger partial charge < -0.3 is 15.4 Å². The van der Waals surface area contributed by atoms with Gasteiger partial charge >= 0.3 is 6.09 Å². The molecule has 1 amide bonds. The summed E-state index contributed by atoms with van der Waals surface area (Å²) in [6.07, 6.45) is 2.26. The van der Waals surface area contributed by atoms with Crippen molar-refractivity contribution in [3.05, 3.63) is 35.1 Å². The second kappa shape index (κ2) is 5.48. The smallest absolute Gasteiger partial charge is 0.410 e. The van der Waals surface area contributed by atoms with Gasteiger partial charge in [0.25, 0.3) is 0 Å². The Hall–Kier alpha value is -1.62. The van der Waals surface area contributed by atoms with Gasteiger partial charge in [-0.25, -0.2) is 9.18 Å². The van der Waals surface area contributed by atoms with Crippen molar-refractivity contribution in [1.82, 2.24) is 4.90 Å². The van der Waals surface area contributed by atoms with Gasteiger partial charge in [0.15, 0.2) is 0 Å². The predicted octanol–water partition coefficient (Wildman–Crippen LogP) is 3.50. The van der Waals surface area contributed by atoms with Crippen molar-refractivity contribution in [3.8, 4) is 0 Å². The lowest BCUT2D eigenvalue weighted by Gasteiger charge is -2.40. The number of rotatable bonds is 0. The molecule has 1 spiro atoms. The summed E-state index contributed by atoms with van der Waals surface area (Å²) in [5, 5.41) is 0. The van der Waals surface area contributed by atoms with Crippen molar-refractivity contribution >= 4 is 6.09 Å². The van der Waals surface area contributed by atoms with Gasteiger partial charge in [-0.2, -0.15) is 0 Å². The van der Waals surface area contributed by atoms with Gasteiger partial charge in [-0.05, 0) is 63.3 Å². The topological polar surface area (TPSA) is 55.6 Å². The second-order valence-electron chi connectivity index (χ2n) is 7.79. The van der Waals surface area contributed by atoms with Crippen LogP contribution in [-0.2, 0) is 10.2 Å². The van der Waals surface area contributed by atoms with Gasteiger partial charge in [0.05, 0.1) is 0 Å². The molecule has 0 bridgehead atoms. The number of carbonyl (C=O) groups excluding carboxylic acids is 1. The Bertz CT molecular complexity index is 616. The molecule has 2 N–H and O–H groups in total. The van der Waals surface area contributed by atoms with Crippen molar-refractivity contribution < 1.29 is 13.9 Å². The summed E-state index contributed by atoms with van der Waals surface area (Å²) in [4.78, 5) is 14.0. The molecule has 4 nitrogen and oxygen atoms in total. The summed E-state index contributed by atoms with van der Waals surface area (Å²) in [7, 11) is 0. The number of ether oxygens (including phenoxy) is 1. The third kappa shape index (κ3) is 3.07. The first-order valence-electron chi connectivity index (χ1n) is 8.24. The summed E-state index contributed by atoms with van der Waals surface area (Å²) in [6.45, 7) is 6.92.